The van der Waals surface area contributed by atoms with Crippen LogP contribution in [-0.2, 0) is 9.47 Å². The van der Waals surface area contributed by atoms with Gasteiger partial charge in [0.1, 0.15) is 0 Å². The first-order valence-electron chi connectivity index (χ1n) is 7.36. The molecule has 1 rings (SSSR count). The van der Waals surface area contributed by atoms with Crippen LogP contribution in [0.3, 0.4) is 0 Å². The number of rotatable bonds is 10. The molecule has 1 heterocycles. The van der Waals surface area contributed by atoms with Crippen molar-refractivity contribution in [2.24, 2.45) is 0 Å². The van der Waals surface area contributed by atoms with Crippen molar-refractivity contribution >= 4 is 11.8 Å². The van der Waals surface area contributed by atoms with Crippen molar-refractivity contribution in [3.8, 4) is 0 Å². The molecule has 1 aliphatic heterocycles. The monoisotopic (exact) mass is 275 g/mol. The highest BCUT2D eigenvalue weighted by atomic mass is 32.2. The van der Waals surface area contributed by atoms with E-state index in [-0.39, 0.29) is 0 Å². The van der Waals surface area contributed by atoms with Crippen molar-refractivity contribution in [3.63, 3.8) is 0 Å². The molecule has 0 aromatic rings. The zero-order chi connectivity index (χ0) is 13.1. The van der Waals surface area contributed by atoms with Crippen LogP contribution in [0.1, 0.15) is 39.5 Å². The van der Waals surface area contributed by atoms with Crippen LogP contribution in [0.15, 0.2) is 0 Å². The van der Waals surface area contributed by atoms with Gasteiger partial charge in [-0.25, -0.2) is 0 Å². The van der Waals surface area contributed by atoms with Gasteiger partial charge >= 0.3 is 0 Å². The Kier molecular flexibility index (Phi) is 10.0. The van der Waals surface area contributed by atoms with Crippen molar-refractivity contribution < 1.29 is 9.47 Å². The van der Waals surface area contributed by atoms with Crippen molar-refractivity contribution in [2.45, 2.75) is 45.6 Å². The van der Waals surface area contributed by atoms with Crippen LogP contribution in [-0.4, -0.2) is 55.5 Å². The lowest BCUT2D eigenvalue weighted by molar-refractivity contribution is -0.0566. The van der Waals surface area contributed by atoms with Gasteiger partial charge in [-0.15, -0.1) is 0 Å². The molecule has 1 atom stereocenters. The minimum atomic E-state index is 0.435. The molecule has 1 fully saturated rings. The second-order valence-corrected chi connectivity index (χ2v) is 6.12. The minimum Gasteiger partial charge on any atom is -0.379 e. The fourth-order valence-corrected chi connectivity index (χ4v) is 2.79. The molecule has 0 radical (unpaired) electrons. The summed E-state index contributed by atoms with van der Waals surface area (Å²) in [6.07, 6.45) is 5.56. The van der Waals surface area contributed by atoms with Crippen molar-refractivity contribution in [1.82, 2.24) is 4.90 Å². The number of hydrogen-bond acceptors (Lipinski definition) is 4. The predicted molar refractivity (Wildman–Crippen MR) is 79.3 cm³/mol. The summed E-state index contributed by atoms with van der Waals surface area (Å²) in [4.78, 5) is 2.35. The lowest BCUT2D eigenvalue weighted by Gasteiger charge is -2.28. The summed E-state index contributed by atoms with van der Waals surface area (Å²) in [5, 5.41) is 0. The Morgan fingerprint density at radius 2 is 2.00 bits per heavy atom. The van der Waals surface area contributed by atoms with E-state index in [2.05, 4.69) is 18.7 Å². The van der Waals surface area contributed by atoms with Crippen LogP contribution in [0.4, 0.5) is 0 Å². The third-order valence-corrected chi connectivity index (χ3v) is 4.25. The fourth-order valence-electron chi connectivity index (χ4n) is 2.03. The first-order valence-corrected chi connectivity index (χ1v) is 8.51. The zero-order valence-electron chi connectivity index (χ0n) is 12.0. The normalized spacial score (nSPS) is 19.0. The largest absolute Gasteiger partial charge is 0.379 e. The SMILES string of the molecule is CCCCCC(CSCC)OCN1CCOCC1. The third kappa shape index (κ3) is 7.62. The minimum absolute atomic E-state index is 0.435. The van der Waals surface area contributed by atoms with E-state index < -0.39 is 0 Å². The summed E-state index contributed by atoms with van der Waals surface area (Å²) in [6, 6.07) is 0. The summed E-state index contributed by atoms with van der Waals surface area (Å²) in [5.41, 5.74) is 0. The standard InChI is InChI=1S/C14H29NO2S/c1-3-5-6-7-14(12-18-4-2)17-13-15-8-10-16-11-9-15/h14H,3-13H2,1-2H3. The number of ether oxygens (including phenoxy) is 2. The van der Waals surface area contributed by atoms with Gasteiger partial charge in [0.15, 0.2) is 0 Å². The van der Waals surface area contributed by atoms with Gasteiger partial charge in [-0.05, 0) is 12.2 Å². The molecule has 3 nitrogen and oxygen atoms in total. The number of unbranched alkanes of at least 4 members (excludes halogenated alkanes) is 2. The molecule has 0 spiro atoms. The van der Waals surface area contributed by atoms with E-state index in [0.717, 1.165) is 38.8 Å². The Hall–Kier alpha value is 0.230. The molecule has 0 saturated carbocycles. The summed E-state index contributed by atoms with van der Waals surface area (Å²) < 4.78 is 11.4. The van der Waals surface area contributed by atoms with E-state index in [1.807, 2.05) is 11.8 Å². The van der Waals surface area contributed by atoms with Crippen molar-refractivity contribution in [1.29, 1.82) is 0 Å². The van der Waals surface area contributed by atoms with Crippen LogP contribution in [0.5, 0.6) is 0 Å². The van der Waals surface area contributed by atoms with Crippen LogP contribution in [0.2, 0.25) is 0 Å². The molecule has 0 bridgehead atoms. The van der Waals surface area contributed by atoms with Gasteiger partial charge < -0.3 is 9.47 Å². The molecule has 0 amide bonds. The van der Waals surface area contributed by atoms with E-state index >= 15 is 0 Å². The summed E-state index contributed by atoms with van der Waals surface area (Å²) in [7, 11) is 0. The van der Waals surface area contributed by atoms with E-state index in [0.29, 0.717) is 6.10 Å². The first kappa shape index (κ1) is 16.3. The van der Waals surface area contributed by atoms with Gasteiger partial charge in [-0.1, -0.05) is 33.1 Å². The van der Waals surface area contributed by atoms with Gasteiger partial charge in [-0.3, -0.25) is 4.90 Å². The molecule has 18 heavy (non-hydrogen) atoms. The lowest BCUT2D eigenvalue weighted by atomic mass is 10.1. The highest BCUT2D eigenvalue weighted by Crippen LogP contribution is 2.13. The summed E-state index contributed by atoms with van der Waals surface area (Å²) in [5.74, 6) is 2.33. The number of nitrogens with zero attached hydrogens (tertiary/aromatic N) is 1. The fraction of sp³-hybridized carbons (Fsp3) is 1.00. The Morgan fingerprint density at radius 3 is 2.67 bits per heavy atom. The zero-order valence-corrected chi connectivity index (χ0v) is 12.8. The molecule has 4 heteroatoms. The van der Waals surface area contributed by atoms with E-state index in [4.69, 9.17) is 9.47 Å². The maximum absolute atomic E-state index is 6.08. The van der Waals surface area contributed by atoms with Gasteiger partial charge in [0.25, 0.3) is 0 Å². The van der Waals surface area contributed by atoms with Gasteiger partial charge in [-0.2, -0.15) is 11.8 Å². The smallest absolute Gasteiger partial charge is 0.0995 e. The molecular weight excluding hydrogens is 246 g/mol. The number of morpholine rings is 1. The van der Waals surface area contributed by atoms with Crippen LogP contribution < -0.4 is 0 Å². The molecule has 0 aromatic heterocycles. The molecule has 0 N–H and O–H groups in total. The molecule has 1 unspecified atom stereocenters. The van der Waals surface area contributed by atoms with E-state index in [9.17, 15) is 0 Å². The van der Waals surface area contributed by atoms with Crippen molar-refractivity contribution in [3.05, 3.63) is 0 Å². The maximum Gasteiger partial charge on any atom is 0.0995 e. The quantitative estimate of drug-likeness (QED) is 0.571. The molecule has 1 saturated heterocycles. The van der Waals surface area contributed by atoms with Gasteiger partial charge in [0.05, 0.1) is 26.0 Å². The summed E-state index contributed by atoms with van der Waals surface area (Å²) in [6.45, 7) is 9.00. The van der Waals surface area contributed by atoms with E-state index in [1.54, 1.807) is 0 Å². The number of hydrogen-bond donors (Lipinski definition) is 0. The average Bonchev–Trinajstić information content (AvgIpc) is 2.42. The average molecular weight is 275 g/mol. The van der Waals surface area contributed by atoms with Crippen molar-refractivity contribution in [2.75, 3.05) is 44.5 Å². The Balaban J connectivity index is 2.16. The molecule has 108 valence electrons. The first-order chi connectivity index (χ1) is 8.86. The highest BCUT2D eigenvalue weighted by Gasteiger charge is 2.14. The van der Waals surface area contributed by atoms with Gasteiger partial charge in [0.2, 0.25) is 0 Å². The lowest BCUT2D eigenvalue weighted by Crippen LogP contribution is -2.39. The highest BCUT2D eigenvalue weighted by molar-refractivity contribution is 7.99. The summed E-state index contributed by atoms with van der Waals surface area (Å²) >= 11 is 1.99. The Bertz CT molecular complexity index is 187. The Morgan fingerprint density at radius 1 is 1.22 bits per heavy atom. The molecule has 0 aliphatic carbocycles. The molecule has 1 aliphatic rings. The molecular formula is C14H29NO2S. The second kappa shape index (κ2) is 11.1. The number of thioether (sulfide) groups is 1. The second-order valence-electron chi connectivity index (χ2n) is 4.80. The third-order valence-electron chi connectivity index (χ3n) is 3.23. The maximum atomic E-state index is 6.08. The Labute approximate surface area is 117 Å². The predicted octanol–water partition coefficient (Wildman–Crippen LogP) is 2.99. The van der Waals surface area contributed by atoms with E-state index in [1.165, 1.54) is 31.4 Å². The van der Waals surface area contributed by atoms with Crippen LogP contribution >= 0.6 is 11.8 Å². The van der Waals surface area contributed by atoms with Gasteiger partial charge in [0, 0.05) is 18.8 Å². The topological polar surface area (TPSA) is 21.7 Å². The van der Waals surface area contributed by atoms with Crippen LogP contribution in [0, 0.1) is 0 Å². The molecule has 0 aromatic carbocycles. The van der Waals surface area contributed by atoms with Crippen LogP contribution in [0.25, 0.3) is 0 Å².